The summed E-state index contributed by atoms with van der Waals surface area (Å²) < 4.78 is 0. The van der Waals surface area contributed by atoms with Gasteiger partial charge in [0.1, 0.15) is 0 Å². The molecule has 1 rings (SSSR count). The molecule has 1 fully saturated rings. The van der Waals surface area contributed by atoms with Crippen LogP contribution < -0.4 is 5.73 Å². The van der Waals surface area contributed by atoms with Gasteiger partial charge in [0.15, 0.2) is 0 Å². The third-order valence-electron chi connectivity index (χ3n) is 1.99. The van der Waals surface area contributed by atoms with Gasteiger partial charge in [0.05, 0.1) is 0 Å². The molecule has 1 aliphatic heterocycles. The summed E-state index contributed by atoms with van der Waals surface area (Å²) in [6.45, 7) is 6.73. The zero-order valence-electron chi connectivity index (χ0n) is 6.71. The number of nitrogens with zero attached hydrogens (tertiary/aromatic N) is 1. The number of halogens is 1. The van der Waals surface area contributed by atoms with Gasteiger partial charge >= 0.3 is 0 Å². The second-order valence-corrected chi connectivity index (χ2v) is 3.14. The SMILES string of the molecule is CC(C)N1CC[C@@H](N)C1.Cl. The molecule has 0 radical (unpaired) electrons. The summed E-state index contributed by atoms with van der Waals surface area (Å²) in [5.74, 6) is 0. The minimum Gasteiger partial charge on any atom is -0.326 e. The maximum absolute atomic E-state index is 5.72. The summed E-state index contributed by atoms with van der Waals surface area (Å²) in [6.07, 6.45) is 1.18. The van der Waals surface area contributed by atoms with Crippen LogP contribution in [-0.4, -0.2) is 30.1 Å². The summed E-state index contributed by atoms with van der Waals surface area (Å²) in [7, 11) is 0. The molecule has 0 aromatic heterocycles. The Bertz CT molecular complexity index is 95.6. The van der Waals surface area contributed by atoms with Crippen LogP contribution in [0.4, 0.5) is 0 Å². The van der Waals surface area contributed by atoms with Crippen LogP contribution in [-0.2, 0) is 0 Å². The Balaban J connectivity index is 0.000000810. The molecule has 1 aliphatic rings. The molecular weight excluding hydrogens is 148 g/mol. The van der Waals surface area contributed by atoms with Gasteiger partial charge in [-0.05, 0) is 26.8 Å². The van der Waals surface area contributed by atoms with Crippen LogP contribution in [0, 0.1) is 0 Å². The normalized spacial score (nSPS) is 27.0. The second-order valence-electron chi connectivity index (χ2n) is 3.14. The van der Waals surface area contributed by atoms with Gasteiger partial charge in [-0.1, -0.05) is 0 Å². The highest BCUT2D eigenvalue weighted by molar-refractivity contribution is 5.85. The Morgan fingerprint density at radius 1 is 1.50 bits per heavy atom. The number of rotatable bonds is 1. The first-order chi connectivity index (χ1) is 4.20. The maximum atomic E-state index is 5.72. The minimum atomic E-state index is 0. The van der Waals surface area contributed by atoms with Gasteiger partial charge in [0.2, 0.25) is 0 Å². The average Bonchev–Trinajstić information content (AvgIpc) is 2.14. The van der Waals surface area contributed by atoms with Gasteiger partial charge in [-0.15, -0.1) is 12.4 Å². The largest absolute Gasteiger partial charge is 0.326 e. The van der Waals surface area contributed by atoms with Crippen molar-refractivity contribution < 1.29 is 0 Å². The molecule has 1 heterocycles. The number of hydrogen-bond acceptors (Lipinski definition) is 2. The highest BCUT2D eigenvalue weighted by atomic mass is 35.5. The molecule has 0 spiro atoms. The Morgan fingerprint density at radius 2 is 2.10 bits per heavy atom. The predicted octanol–water partition coefficient (Wildman–Crippen LogP) is 0.850. The zero-order valence-corrected chi connectivity index (χ0v) is 7.53. The van der Waals surface area contributed by atoms with Crippen molar-refractivity contribution in [3.8, 4) is 0 Å². The first kappa shape index (κ1) is 10.2. The number of hydrogen-bond donors (Lipinski definition) is 1. The standard InChI is InChI=1S/C7H16N2.ClH/c1-6(2)9-4-3-7(8)5-9;/h6-7H,3-5,8H2,1-2H3;1H/t7-;/m1./s1. The lowest BCUT2D eigenvalue weighted by Gasteiger charge is -2.19. The molecule has 0 amide bonds. The van der Waals surface area contributed by atoms with Crippen LogP contribution >= 0.6 is 12.4 Å². The van der Waals surface area contributed by atoms with Crippen molar-refractivity contribution in [2.24, 2.45) is 5.73 Å². The molecular formula is C7H17ClN2. The van der Waals surface area contributed by atoms with E-state index < -0.39 is 0 Å². The van der Waals surface area contributed by atoms with Crippen LogP contribution in [0.2, 0.25) is 0 Å². The molecule has 2 nitrogen and oxygen atoms in total. The first-order valence-electron chi connectivity index (χ1n) is 3.70. The molecule has 2 N–H and O–H groups in total. The average molecular weight is 165 g/mol. The molecule has 1 atom stereocenters. The molecule has 0 aromatic carbocycles. The molecule has 0 saturated carbocycles. The van der Waals surface area contributed by atoms with Crippen LogP contribution in [0.1, 0.15) is 20.3 Å². The van der Waals surface area contributed by atoms with Crippen LogP contribution in [0.3, 0.4) is 0 Å². The van der Waals surface area contributed by atoms with E-state index in [4.69, 9.17) is 5.73 Å². The number of nitrogens with two attached hydrogens (primary N) is 1. The third-order valence-corrected chi connectivity index (χ3v) is 1.99. The Morgan fingerprint density at radius 3 is 2.30 bits per heavy atom. The Hall–Kier alpha value is 0.210. The van der Waals surface area contributed by atoms with Crippen molar-refractivity contribution >= 4 is 12.4 Å². The second kappa shape index (κ2) is 4.16. The number of likely N-dealkylation sites (tertiary alicyclic amines) is 1. The summed E-state index contributed by atoms with van der Waals surface area (Å²) in [4.78, 5) is 2.42. The highest BCUT2D eigenvalue weighted by Gasteiger charge is 2.20. The summed E-state index contributed by atoms with van der Waals surface area (Å²) in [5, 5.41) is 0. The fourth-order valence-electron chi connectivity index (χ4n) is 1.28. The first-order valence-corrected chi connectivity index (χ1v) is 3.70. The highest BCUT2D eigenvalue weighted by Crippen LogP contribution is 2.09. The monoisotopic (exact) mass is 164 g/mol. The van der Waals surface area contributed by atoms with E-state index in [1.165, 1.54) is 13.0 Å². The molecule has 62 valence electrons. The third kappa shape index (κ3) is 2.45. The zero-order chi connectivity index (χ0) is 6.85. The van der Waals surface area contributed by atoms with Crippen molar-refractivity contribution in [2.75, 3.05) is 13.1 Å². The van der Waals surface area contributed by atoms with Crippen LogP contribution in [0.5, 0.6) is 0 Å². The minimum absolute atomic E-state index is 0. The lowest BCUT2D eigenvalue weighted by molar-refractivity contribution is 0.272. The predicted molar refractivity (Wildman–Crippen MR) is 46.5 cm³/mol. The van der Waals surface area contributed by atoms with Gasteiger partial charge in [-0.25, -0.2) is 0 Å². The summed E-state index contributed by atoms with van der Waals surface area (Å²) >= 11 is 0. The van der Waals surface area contributed by atoms with E-state index in [1.54, 1.807) is 0 Å². The van der Waals surface area contributed by atoms with E-state index in [-0.39, 0.29) is 12.4 Å². The van der Waals surface area contributed by atoms with Crippen LogP contribution in [0.25, 0.3) is 0 Å². The van der Waals surface area contributed by atoms with Crippen LogP contribution in [0.15, 0.2) is 0 Å². The van der Waals surface area contributed by atoms with E-state index >= 15 is 0 Å². The molecule has 0 bridgehead atoms. The molecule has 10 heavy (non-hydrogen) atoms. The van der Waals surface area contributed by atoms with Gasteiger partial charge in [-0.2, -0.15) is 0 Å². The molecule has 1 saturated heterocycles. The van der Waals surface area contributed by atoms with Gasteiger partial charge in [0, 0.05) is 18.6 Å². The van der Waals surface area contributed by atoms with Gasteiger partial charge in [-0.3, -0.25) is 4.90 Å². The van der Waals surface area contributed by atoms with Crippen molar-refractivity contribution in [3.05, 3.63) is 0 Å². The topological polar surface area (TPSA) is 29.3 Å². The van der Waals surface area contributed by atoms with Gasteiger partial charge < -0.3 is 5.73 Å². The lowest BCUT2D eigenvalue weighted by Crippen LogP contribution is -2.31. The Kier molecular flexibility index (Phi) is 4.25. The van der Waals surface area contributed by atoms with E-state index in [2.05, 4.69) is 18.7 Å². The quantitative estimate of drug-likeness (QED) is 0.623. The van der Waals surface area contributed by atoms with E-state index in [0.29, 0.717) is 12.1 Å². The fraction of sp³-hybridized carbons (Fsp3) is 1.00. The molecule has 0 aliphatic carbocycles. The van der Waals surface area contributed by atoms with Crippen molar-refractivity contribution in [1.29, 1.82) is 0 Å². The lowest BCUT2D eigenvalue weighted by atomic mass is 10.3. The van der Waals surface area contributed by atoms with E-state index in [1.807, 2.05) is 0 Å². The Labute approximate surface area is 69.2 Å². The molecule has 0 unspecified atom stereocenters. The molecule has 3 heteroatoms. The maximum Gasteiger partial charge on any atom is 0.0180 e. The summed E-state index contributed by atoms with van der Waals surface area (Å²) in [6, 6.07) is 1.12. The summed E-state index contributed by atoms with van der Waals surface area (Å²) in [5.41, 5.74) is 5.72. The fourth-order valence-corrected chi connectivity index (χ4v) is 1.28. The molecule has 0 aromatic rings. The van der Waals surface area contributed by atoms with Gasteiger partial charge in [0.25, 0.3) is 0 Å². The van der Waals surface area contributed by atoms with Crippen molar-refractivity contribution in [3.63, 3.8) is 0 Å². The van der Waals surface area contributed by atoms with Crippen molar-refractivity contribution in [2.45, 2.75) is 32.4 Å². The smallest absolute Gasteiger partial charge is 0.0180 e. The van der Waals surface area contributed by atoms with E-state index in [9.17, 15) is 0 Å². The van der Waals surface area contributed by atoms with Crippen molar-refractivity contribution in [1.82, 2.24) is 4.90 Å². The van der Waals surface area contributed by atoms with E-state index in [0.717, 1.165) is 6.54 Å².